The molecule has 0 aromatic heterocycles. The summed E-state index contributed by atoms with van der Waals surface area (Å²) < 4.78 is 39.6. The molecule has 0 saturated carbocycles. The number of carboxylic acids is 1. The molecule has 0 aliphatic rings. The highest BCUT2D eigenvalue weighted by Gasteiger charge is 2.34. The standard InChI is InChI=1S/C20H15F3O2/c21-20(22,23)18-11-4-2-7-14(18)12-17(19(24)25)16-10-5-8-13-6-1-3-9-15(13)16/h1-11,17H,12H2,(H,24,25). The Bertz CT molecular complexity index is 911. The Morgan fingerprint density at radius 1 is 0.920 bits per heavy atom. The summed E-state index contributed by atoms with van der Waals surface area (Å²) in [5, 5.41) is 11.3. The van der Waals surface area contributed by atoms with E-state index in [-0.39, 0.29) is 12.0 Å². The van der Waals surface area contributed by atoms with Gasteiger partial charge in [-0.1, -0.05) is 60.7 Å². The van der Waals surface area contributed by atoms with Crippen LogP contribution in [-0.4, -0.2) is 11.1 Å². The lowest BCUT2D eigenvalue weighted by Gasteiger charge is -2.18. The van der Waals surface area contributed by atoms with E-state index in [0.29, 0.717) is 5.56 Å². The minimum Gasteiger partial charge on any atom is -0.481 e. The summed E-state index contributed by atoms with van der Waals surface area (Å²) in [7, 11) is 0. The van der Waals surface area contributed by atoms with E-state index in [1.165, 1.54) is 18.2 Å². The average molecular weight is 344 g/mol. The molecule has 0 heterocycles. The van der Waals surface area contributed by atoms with E-state index < -0.39 is 23.6 Å². The van der Waals surface area contributed by atoms with Crippen LogP contribution in [0.4, 0.5) is 13.2 Å². The molecule has 1 atom stereocenters. The third-order valence-electron chi connectivity index (χ3n) is 4.24. The van der Waals surface area contributed by atoms with Gasteiger partial charge >= 0.3 is 12.1 Å². The molecule has 1 unspecified atom stereocenters. The van der Waals surface area contributed by atoms with E-state index in [0.717, 1.165) is 16.8 Å². The Morgan fingerprint density at radius 3 is 2.28 bits per heavy atom. The number of alkyl halides is 3. The molecule has 0 fully saturated rings. The molecule has 0 radical (unpaired) electrons. The predicted molar refractivity (Wildman–Crippen MR) is 89.5 cm³/mol. The van der Waals surface area contributed by atoms with Crippen molar-refractivity contribution in [3.05, 3.63) is 83.4 Å². The second-order valence-electron chi connectivity index (χ2n) is 5.82. The van der Waals surface area contributed by atoms with Gasteiger partial charge in [0.05, 0.1) is 11.5 Å². The molecule has 5 heteroatoms. The molecule has 128 valence electrons. The summed E-state index contributed by atoms with van der Waals surface area (Å²) >= 11 is 0. The summed E-state index contributed by atoms with van der Waals surface area (Å²) in [5.74, 6) is -2.21. The first-order valence-electron chi connectivity index (χ1n) is 7.73. The van der Waals surface area contributed by atoms with Crippen LogP contribution in [0.2, 0.25) is 0 Å². The van der Waals surface area contributed by atoms with Gasteiger partial charge in [-0.3, -0.25) is 4.79 Å². The van der Waals surface area contributed by atoms with Crippen molar-refractivity contribution < 1.29 is 23.1 Å². The Labute approximate surface area is 142 Å². The molecular formula is C20H15F3O2. The number of carbonyl (C=O) groups is 1. The number of aliphatic carboxylic acids is 1. The first-order valence-corrected chi connectivity index (χ1v) is 7.73. The van der Waals surface area contributed by atoms with E-state index in [9.17, 15) is 23.1 Å². The smallest absolute Gasteiger partial charge is 0.416 e. The van der Waals surface area contributed by atoms with Crippen LogP contribution in [0.25, 0.3) is 10.8 Å². The molecule has 0 aliphatic carbocycles. The molecule has 0 bridgehead atoms. The zero-order chi connectivity index (χ0) is 18.0. The minimum absolute atomic E-state index is 0.0182. The molecule has 2 nitrogen and oxygen atoms in total. The first kappa shape index (κ1) is 17.0. The monoisotopic (exact) mass is 344 g/mol. The van der Waals surface area contributed by atoms with Crippen molar-refractivity contribution in [2.75, 3.05) is 0 Å². The van der Waals surface area contributed by atoms with Crippen LogP contribution in [0, 0.1) is 0 Å². The van der Waals surface area contributed by atoms with E-state index in [1.54, 1.807) is 24.3 Å². The van der Waals surface area contributed by atoms with E-state index in [2.05, 4.69) is 0 Å². The van der Waals surface area contributed by atoms with Crippen molar-refractivity contribution in [1.29, 1.82) is 0 Å². The summed E-state index contributed by atoms with van der Waals surface area (Å²) in [4.78, 5) is 11.8. The van der Waals surface area contributed by atoms with Crippen LogP contribution >= 0.6 is 0 Å². The topological polar surface area (TPSA) is 37.3 Å². The maximum Gasteiger partial charge on any atom is 0.416 e. The van der Waals surface area contributed by atoms with Gasteiger partial charge in [-0.25, -0.2) is 0 Å². The van der Waals surface area contributed by atoms with Crippen LogP contribution < -0.4 is 0 Å². The summed E-state index contributed by atoms with van der Waals surface area (Å²) in [6.45, 7) is 0. The van der Waals surface area contributed by atoms with Crippen molar-refractivity contribution in [2.45, 2.75) is 18.5 Å². The third kappa shape index (κ3) is 3.50. The largest absolute Gasteiger partial charge is 0.481 e. The molecule has 0 saturated heterocycles. The molecule has 0 spiro atoms. The summed E-state index contributed by atoms with van der Waals surface area (Å²) in [6, 6.07) is 17.6. The van der Waals surface area contributed by atoms with Crippen molar-refractivity contribution in [2.24, 2.45) is 0 Å². The van der Waals surface area contributed by atoms with Crippen LogP contribution in [0.3, 0.4) is 0 Å². The van der Waals surface area contributed by atoms with Crippen molar-refractivity contribution in [1.82, 2.24) is 0 Å². The quantitative estimate of drug-likeness (QED) is 0.700. The highest BCUT2D eigenvalue weighted by atomic mass is 19.4. The molecule has 1 N–H and O–H groups in total. The molecule has 3 rings (SSSR count). The second-order valence-corrected chi connectivity index (χ2v) is 5.82. The Hall–Kier alpha value is -2.82. The normalized spacial score (nSPS) is 12.9. The van der Waals surface area contributed by atoms with Crippen LogP contribution in [0.5, 0.6) is 0 Å². The lowest BCUT2D eigenvalue weighted by Crippen LogP contribution is -2.18. The lowest BCUT2D eigenvalue weighted by atomic mass is 9.87. The minimum atomic E-state index is -4.52. The van der Waals surface area contributed by atoms with Crippen molar-refractivity contribution >= 4 is 16.7 Å². The number of carboxylic acid groups (broad SMARTS) is 1. The van der Waals surface area contributed by atoms with Crippen LogP contribution in [-0.2, 0) is 17.4 Å². The van der Waals surface area contributed by atoms with Gasteiger partial charge in [0, 0.05) is 0 Å². The molecule has 25 heavy (non-hydrogen) atoms. The number of fused-ring (bicyclic) bond motifs is 1. The zero-order valence-corrected chi connectivity index (χ0v) is 13.1. The number of rotatable bonds is 4. The fourth-order valence-electron chi connectivity index (χ4n) is 3.08. The summed E-state index contributed by atoms with van der Waals surface area (Å²) in [6.07, 6.45) is -4.74. The van der Waals surface area contributed by atoms with Crippen LogP contribution in [0.1, 0.15) is 22.6 Å². The lowest BCUT2D eigenvalue weighted by molar-refractivity contribution is -0.141. The van der Waals surface area contributed by atoms with Crippen LogP contribution in [0.15, 0.2) is 66.7 Å². The molecule has 0 aliphatic heterocycles. The summed E-state index contributed by atoms with van der Waals surface area (Å²) in [5.41, 5.74) is -0.292. The molecule has 3 aromatic carbocycles. The SMILES string of the molecule is O=C(O)C(Cc1ccccc1C(F)(F)F)c1cccc2ccccc12. The third-order valence-corrected chi connectivity index (χ3v) is 4.24. The molecular weight excluding hydrogens is 329 g/mol. The van der Waals surface area contributed by atoms with Gasteiger partial charge in [-0.2, -0.15) is 13.2 Å². The Kier molecular flexibility index (Phi) is 4.49. The molecule has 3 aromatic rings. The fraction of sp³-hybridized carbons (Fsp3) is 0.150. The maximum absolute atomic E-state index is 13.2. The van der Waals surface area contributed by atoms with Gasteiger partial charge in [-0.05, 0) is 34.4 Å². The van der Waals surface area contributed by atoms with Crippen molar-refractivity contribution in [3.63, 3.8) is 0 Å². The Balaban J connectivity index is 2.09. The van der Waals surface area contributed by atoms with Gasteiger partial charge in [0.25, 0.3) is 0 Å². The zero-order valence-electron chi connectivity index (χ0n) is 13.1. The highest BCUT2D eigenvalue weighted by Crippen LogP contribution is 2.35. The first-order chi connectivity index (χ1) is 11.9. The number of halogens is 3. The number of hydrogen-bond acceptors (Lipinski definition) is 1. The van der Waals surface area contributed by atoms with E-state index in [1.807, 2.05) is 18.2 Å². The second kappa shape index (κ2) is 6.59. The number of benzene rings is 3. The van der Waals surface area contributed by atoms with Gasteiger partial charge in [-0.15, -0.1) is 0 Å². The van der Waals surface area contributed by atoms with Gasteiger partial charge < -0.3 is 5.11 Å². The van der Waals surface area contributed by atoms with E-state index >= 15 is 0 Å². The highest BCUT2D eigenvalue weighted by molar-refractivity contribution is 5.90. The fourth-order valence-corrected chi connectivity index (χ4v) is 3.08. The van der Waals surface area contributed by atoms with Gasteiger partial charge in [0.1, 0.15) is 0 Å². The number of hydrogen-bond donors (Lipinski definition) is 1. The van der Waals surface area contributed by atoms with Crippen molar-refractivity contribution in [3.8, 4) is 0 Å². The Morgan fingerprint density at radius 2 is 1.56 bits per heavy atom. The predicted octanol–water partition coefficient (Wildman–Crippen LogP) is 5.27. The van der Waals surface area contributed by atoms with Gasteiger partial charge in [0.2, 0.25) is 0 Å². The van der Waals surface area contributed by atoms with Gasteiger partial charge in [0.15, 0.2) is 0 Å². The van der Waals surface area contributed by atoms with E-state index in [4.69, 9.17) is 0 Å². The molecule has 0 amide bonds. The average Bonchev–Trinajstić information content (AvgIpc) is 2.58. The maximum atomic E-state index is 13.2.